The van der Waals surface area contributed by atoms with Crippen LogP contribution in [0.25, 0.3) is 11.0 Å². The van der Waals surface area contributed by atoms with Crippen LogP contribution in [0.15, 0.2) is 18.2 Å². The zero-order valence-electron chi connectivity index (χ0n) is 11.7. The molecule has 0 bridgehead atoms. The number of sulfone groups is 1. The summed E-state index contributed by atoms with van der Waals surface area (Å²) in [5, 5.41) is 2.78. The quantitative estimate of drug-likeness (QED) is 0.886. The molecular weight excluding hydrogens is 290 g/mol. The molecule has 7 heteroatoms. The monoisotopic (exact) mass is 307 g/mol. The third-order valence-electron chi connectivity index (χ3n) is 3.70. The first-order valence-electron chi connectivity index (χ1n) is 6.97. The number of aryl methyl sites for hydroxylation is 1. The van der Waals surface area contributed by atoms with Gasteiger partial charge in [-0.25, -0.2) is 13.4 Å². The van der Waals surface area contributed by atoms with Crippen molar-refractivity contribution in [3.8, 4) is 0 Å². The summed E-state index contributed by atoms with van der Waals surface area (Å²) in [4.78, 5) is 19.7. The Labute approximate surface area is 122 Å². The molecule has 0 aliphatic carbocycles. The summed E-state index contributed by atoms with van der Waals surface area (Å²) in [6.45, 7) is 2.01. The maximum atomic E-state index is 12.2. The number of benzene rings is 1. The first-order valence-corrected chi connectivity index (χ1v) is 8.79. The fourth-order valence-electron chi connectivity index (χ4n) is 2.55. The summed E-state index contributed by atoms with van der Waals surface area (Å²) in [6.07, 6.45) is 1.29. The number of carbonyl (C=O) groups is 1. The van der Waals surface area contributed by atoms with Crippen molar-refractivity contribution in [2.24, 2.45) is 0 Å². The van der Waals surface area contributed by atoms with Crippen LogP contribution < -0.4 is 5.32 Å². The van der Waals surface area contributed by atoms with Gasteiger partial charge in [0.05, 0.1) is 22.5 Å². The Morgan fingerprint density at radius 1 is 1.48 bits per heavy atom. The van der Waals surface area contributed by atoms with Crippen molar-refractivity contribution in [1.82, 2.24) is 15.3 Å². The molecule has 1 aromatic heterocycles. The average Bonchev–Trinajstić information content (AvgIpc) is 3.00. The van der Waals surface area contributed by atoms with Crippen molar-refractivity contribution >= 4 is 26.8 Å². The Bertz CT molecular complexity index is 795. The molecule has 1 aromatic carbocycles. The second-order valence-corrected chi connectivity index (χ2v) is 7.57. The number of imidazole rings is 1. The second kappa shape index (κ2) is 5.14. The van der Waals surface area contributed by atoms with Gasteiger partial charge >= 0.3 is 0 Å². The van der Waals surface area contributed by atoms with Gasteiger partial charge in [0, 0.05) is 18.0 Å². The molecule has 0 saturated carbocycles. The van der Waals surface area contributed by atoms with E-state index in [9.17, 15) is 13.2 Å². The van der Waals surface area contributed by atoms with Gasteiger partial charge in [-0.15, -0.1) is 0 Å². The lowest BCUT2D eigenvalue weighted by Crippen LogP contribution is -2.35. The Balaban J connectivity index is 1.78. The Morgan fingerprint density at radius 3 is 2.95 bits per heavy atom. The number of amides is 1. The zero-order valence-corrected chi connectivity index (χ0v) is 12.5. The number of nitrogens with one attached hydrogen (secondary N) is 2. The average molecular weight is 307 g/mol. The van der Waals surface area contributed by atoms with Gasteiger partial charge in [-0.05, 0) is 24.6 Å². The van der Waals surface area contributed by atoms with Crippen LogP contribution in [0.5, 0.6) is 0 Å². The minimum absolute atomic E-state index is 0.0328. The van der Waals surface area contributed by atoms with Crippen LogP contribution in [-0.4, -0.2) is 41.8 Å². The maximum Gasteiger partial charge on any atom is 0.251 e. The second-order valence-electron chi connectivity index (χ2n) is 5.34. The van der Waals surface area contributed by atoms with Crippen molar-refractivity contribution in [1.29, 1.82) is 0 Å². The topological polar surface area (TPSA) is 91.9 Å². The molecule has 1 aliphatic rings. The molecule has 2 aromatic rings. The van der Waals surface area contributed by atoms with Gasteiger partial charge in [0.15, 0.2) is 9.84 Å². The third kappa shape index (κ3) is 2.92. The molecule has 1 saturated heterocycles. The van der Waals surface area contributed by atoms with Crippen molar-refractivity contribution in [3.05, 3.63) is 29.6 Å². The lowest BCUT2D eigenvalue weighted by atomic mass is 10.1. The zero-order chi connectivity index (χ0) is 15.0. The van der Waals surface area contributed by atoms with Gasteiger partial charge in [-0.1, -0.05) is 6.92 Å². The van der Waals surface area contributed by atoms with E-state index >= 15 is 0 Å². The number of hydrogen-bond donors (Lipinski definition) is 2. The van der Waals surface area contributed by atoms with Crippen LogP contribution in [0.3, 0.4) is 0 Å². The maximum absolute atomic E-state index is 12.2. The predicted molar refractivity (Wildman–Crippen MR) is 80.0 cm³/mol. The molecule has 6 nitrogen and oxygen atoms in total. The van der Waals surface area contributed by atoms with E-state index in [1.165, 1.54) is 0 Å². The molecule has 112 valence electrons. The fraction of sp³-hybridized carbons (Fsp3) is 0.429. The number of nitrogens with zero attached hydrogens (tertiary/aromatic N) is 1. The highest BCUT2D eigenvalue weighted by atomic mass is 32.2. The number of aromatic nitrogens is 2. The number of fused-ring (bicyclic) bond motifs is 1. The lowest BCUT2D eigenvalue weighted by Gasteiger charge is -2.10. The summed E-state index contributed by atoms with van der Waals surface area (Å²) in [7, 11) is -2.99. The van der Waals surface area contributed by atoms with Crippen LogP contribution in [0, 0.1) is 0 Å². The summed E-state index contributed by atoms with van der Waals surface area (Å²) in [6, 6.07) is 4.97. The van der Waals surface area contributed by atoms with Crippen LogP contribution in [0.1, 0.15) is 29.5 Å². The molecule has 1 aliphatic heterocycles. The molecular formula is C14H17N3O3S. The SMILES string of the molecule is CCc1nc2ccc(C(=O)NC3CCS(=O)(=O)C3)cc2[nH]1. The number of H-pyrrole nitrogens is 1. The molecule has 0 spiro atoms. The van der Waals surface area contributed by atoms with Crippen molar-refractivity contribution in [3.63, 3.8) is 0 Å². The standard InChI is InChI=1S/C14H17N3O3S/c1-2-13-16-11-4-3-9(7-12(11)17-13)14(18)15-10-5-6-21(19,20)8-10/h3-4,7,10H,2,5-6,8H2,1H3,(H,15,18)(H,16,17). The smallest absolute Gasteiger partial charge is 0.251 e. The van der Waals surface area contributed by atoms with Gasteiger partial charge in [0.25, 0.3) is 5.91 Å². The van der Waals surface area contributed by atoms with E-state index < -0.39 is 9.84 Å². The normalized spacial score (nSPS) is 20.7. The molecule has 2 heterocycles. The van der Waals surface area contributed by atoms with Gasteiger partial charge in [-0.2, -0.15) is 0 Å². The van der Waals surface area contributed by atoms with E-state index in [-0.39, 0.29) is 23.5 Å². The van der Waals surface area contributed by atoms with Crippen LogP contribution in [-0.2, 0) is 16.3 Å². The predicted octanol–water partition coefficient (Wildman–Crippen LogP) is 1.04. The summed E-state index contributed by atoms with van der Waals surface area (Å²) in [5.74, 6) is 0.818. The number of carbonyl (C=O) groups excluding carboxylic acids is 1. The van der Waals surface area contributed by atoms with Crippen LogP contribution in [0.2, 0.25) is 0 Å². The Hall–Kier alpha value is -1.89. The first kappa shape index (κ1) is 14.1. The Morgan fingerprint density at radius 2 is 2.29 bits per heavy atom. The number of rotatable bonds is 3. The highest BCUT2D eigenvalue weighted by Gasteiger charge is 2.29. The molecule has 2 N–H and O–H groups in total. The fourth-order valence-corrected chi connectivity index (χ4v) is 4.22. The van der Waals surface area contributed by atoms with E-state index in [1.807, 2.05) is 6.92 Å². The summed E-state index contributed by atoms with van der Waals surface area (Å²) in [5.41, 5.74) is 2.16. The van der Waals surface area contributed by atoms with Gasteiger partial charge in [0.2, 0.25) is 0 Å². The number of hydrogen-bond acceptors (Lipinski definition) is 4. The molecule has 1 unspecified atom stereocenters. The Kier molecular flexibility index (Phi) is 3.44. The molecule has 1 amide bonds. The minimum Gasteiger partial charge on any atom is -0.348 e. The van der Waals surface area contributed by atoms with E-state index in [0.29, 0.717) is 12.0 Å². The third-order valence-corrected chi connectivity index (χ3v) is 5.46. The lowest BCUT2D eigenvalue weighted by molar-refractivity contribution is 0.0941. The summed E-state index contributed by atoms with van der Waals surface area (Å²) >= 11 is 0. The molecule has 1 fully saturated rings. The molecule has 21 heavy (non-hydrogen) atoms. The highest BCUT2D eigenvalue weighted by molar-refractivity contribution is 7.91. The van der Waals surface area contributed by atoms with Gasteiger partial charge in [-0.3, -0.25) is 4.79 Å². The highest BCUT2D eigenvalue weighted by Crippen LogP contribution is 2.16. The molecule has 0 radical (unpaired) electrons. The van der Waals surface area contributed by atoms with E-state index in [4.69, 9.17) is 0 Å². The number of aromatic amines is 1. The largest absolute Gasteiger partial charge is 0.348 e. The van der Waals surface area contributed by atoms with Crippen molar-refractivity contribution in [2.45, 2.75) is 25.8 Å². The van der Waals surface area contributed by atoms with E-state index in [2.05, 4.69) is 15.3 Å². The van der Waals surface area contributed by atoms with Gasteiger partial charge in [0.1, 0.15) is 5.82 Å². The van der Waals surface area contributed by atoms with Crippen LogP contribution in [0.4, 0.5) is 0 Å². The van der Waals surface area contributed by atoms with Crippen molar-refractivity contribution < 1.29 is 13.2 Å². The van der Waals surface area contributed by atoms with E-state index in [0.717, 1.165) is 23.3 Å². The van der Waals surface area contributed by atoms with Gasteiger partial charge < -0.3 is 10.3 Å². The molecule has 3 rings (SSSR count). The minimum atomic E-state index is -2.99. The van der Waals surface area contributed by atoms with Crippen LogP contribution >= 0.6 is 0 Å². The first-order chi connectivity index (χ1) is 9.97. The van der Waals surface area contributed by atoms with Crippen molar-refractivity contribution in [2.75, 3.05) is 11.5 Å². The molecule has 1 atom stereocenters. The van der Waals surface area contributed by atoms with E-state index in [1.54, 1.807) is 18.2 Å². The summed E-state index contributed by atoms with van der Waals surface area (Å²) < 4.78 is 22.8.